The van der Waals surface area contributed by atoms with Gasteiger partial charge in [0.1, 0.15) is 4.99 Å². The molecule has 0 fully saturated rings. The number of nitrogens with two attached hydrogens (primary N) is 1. The number of rotatable bonds is 2. The average Bonchev–Trinajstić information content (AvgIpc) is 1.84. The van der Waals surface area contributed by atoms with Gasteiger partial charge in [-0.05, 0) is 6.08 Å². The second kappa shape index (κ2) is 3.35. The third-order valence-corrected chi connectivity index (χ3v) is 1.00. The van der Waals surface area contributed by atoms with Crippen molar-refractivity contribution in [2.45, 2.75) is 0 Å². The molecule has 3 heteroatoms. The fraction of sp³-hybridized carbons (Fsp3) is 0. The third-order valence-electron chi connectivity index (χ3n) is 0.626. The van der Waals surface area contributed by atoms with Crippen molar-refractivity contribution in [1.82, 2.24) is 5.01 Å². The summed E-state index contributed by atoms with van der Waals surface area (Å²) in [5.41, 5.74) is 0. The van der Waals surface area contributed by atoms with Gasteiger partial charge in [-0.25, -0.2) is 5.84 Å². The molecule has 0 spiro atoms. The van der Waals surface area contributed by atoms with Crippen LogP contribution in [0.2, 0.25) is 0 Å². The van der Waals surface area contributed by atoms with E-state index in [0.717, 1.165) is 0 Å². The van der Waals surface area contributed by atoms with Gasteiger partial charge in [0.15, 0.2) is 0 Å². The Morgan fingerprint density at radius 3 is 2.25 bits per heavy atom. The molecule has 0 bridgehead atoms. The first-order valence-electron chi connectivity index (χ1n) is 2.05. The number of nitrogens with zero attached hydrogens (tertiary/aromatic N) is 1. The van der Waals surface area contributed by atoms with Gasteiger partial charge in [-0.3, -0.25) is 5.01 Å². The van der Waals surface area contributed by atoms with Gasteiger partial charge in [-0.15, -0.1) is 0 Å². The van der Waals surface area contributed by atoms with Crippen molar-refractivity contribution in [3.63, 3.8) is 0 Å². The van der Waals surface area contributed by atoms with Crippen molar-refractivity contribution >= 4 is 17.2 Å². The topological polar surface area (TPSA) is 29.3 Å². The maximum atomic E-state index is 5.23. The molecule has 2 N–H and O–H groups in total. The summed E-state index contributed by atoms with van der Waals surface area (Å²) in [5.74, 6) is 5.23. The van der Waals surface area contributed by atoms with Crippen LogP contribution in [0.25, 0.3) is 0 Å². The van der Waals surface area contributed by atoms with E-state index in [2.05, 4.69) is 25.4 Å². The Morgan fingerprint density at radius 2 is 2.12 bits per heavy atom. The predicted octanol–water partition coefficient (Wildman–Crippen LogP) is 0.819. The molecule has 0 amide bonds. The summed E-state index contributed by atoms with van der Waals surface area (Å²) in [7, 11) is 0. The fourth-order valence-corrected chi connectivity index (χ4v) is 0.270. The van der Waals surface area contributed by atoms with Crippen LogP contribution in [0.3, 0.4) is 0 Å². The highest BCUT2D eigenvalue weighted by atomic mass is 32.1. The smallest absolute Gasteiger partial charge is 0.119 e. The molecule has 0 heterocycles. The molecule has 0 aromatic rings. The van der Waals surface area contributed by atoms with E-state index in [0.29, 0.717) is 4.99 Å². The van der Waals surface area contributed by atoms with Gasteiger partial charge in [-0.2, -0.15) is 0 Å². The SMILES string of the molecule is C=CC(=S)N(N)C=C. The summed E-state index contributed by atoms with van der Waals surface area (Å²) >= 11 is 4.69. The second-order valence-corrected chi connectivity index (χ2v) is 1.55. The van der Waals surface area contributed by atoms with Crippen LogP contribution in [0, 0.1) is 0 Å². The molecule has 44 valence electrons. The summed E-state index contributed by atoms with van der Waals surface area (Å²) in [4.78, 5) is 0.472. The van der Waals surface area contributed by atoms with Crippen molar-refractivity contribution in [3.05, 3.63) is 25.4 Å². The van der Waals surface area contributed by atoms with Gasteiger partial charge >= 0.3 is 0 Å². The first-order valence-corrected chi connectivity index (χ1v) is 2.46. The summed E-state index contributed by atoms with van der Waals surface area (Å²) < 4.78 is 0. The summed E-state index contributed by atoms with van der Waals surface area (Å²) in [6.07, 6.45) is 2.90. The first kappa shape index (κ1) is 7.33. The van der Waals surface area contributed by atoms with Crippen LogP contribution < -0.4 is 5.84 Å². The molecule has 0 aromatic carbocycles. The molecular weight excluding hydrogens is 120 g/mol. The third kappa shape index (κ3) is 1.86. The standard InChI is InChI=1S/C5H8N2S/c1-3-5(8)7(6)4-2/h3-4H,1-2,6H2. The highest BCUT2D eigenvalue weighted by Crippen LogP contribution is 1.83. The quantitative estimate of drug-likeness (QED) is 0.258. The average molecular weight is 128 g/mol. The van der Waals surface area contributed by atoms with Gasteiger partial charge in [0.25, 0.3) is 0 Å². The molecule has 0 saturated carbocycles. The molecule has 0 radical (unpaired) electrons. The van der Waals surface area contributed by atoms with E-state index in [1.807, 2.05) is 0 Å². The lowest BCUT2D eigenvalue weighted by Gasteiger charge is -2.08. The van der Waals surface area contributed by atoms with Crippen LogP contribution in [0.15, 0.2) is 25.4 Å². The zero-order valence-electron chi connectivity index (χ0n) is 4.50. The molecule has 0 unspecified atom stereocenters. The minimum atomic E-state index is 0.472. The van der Waals surface area contributed by atoms with E-state index in [9.17, 15) is 0 Å². The first-order chi connectivity index (χ1) is 3.72. The number of hydrogen-bond acceptors (Lipinski definition) is 2. The Labute approximate surface area is 54.2 Å². The number of hydrogen-bond donors (Lipinski definition) is 1. The van der Waals surface area contributed by atoms with Crippen molar-refractivity contribution in [2.24, 2.45) is 5.84 Å². The summed E-state index contributed by atoms with van der Waals surface area (Å²) in [6.45, 7) is 6.81. The number of thiocarbonyl (C=S) groups is 1. The van der Waals surface area contributed by atoms with E-state index in [4.69, 9.17) is 5.84 Å². The Bertz CT molecular complexity index is 120. The Morgan fingerprint density at radius 1 is 1.62 bits per heavy atom. The monoisotopic (exact) mass is 128 g/mol. The second-order valence-electron chi connectivity index (χ2n) is 1.13. The van der Waals surface area contributed by atoms with E-state index in [1.165, 1.54) is 17.3 Å². The maximum Gasteiger partial charge on any atom is 0.119 e. The zero-order valence-corrected chi connectivity index (χ0v) is 5.32. The van der Waals surface area contributed by atoms with Crippen molar-refractivity contribution in [2.75, 3.05) is 0 Å². The summed E-state index contributed by atoms with van der Waals surface area (Å²) in [6, 6.07) is 0. The van der Waals surface area contributed by atoms with Crippen LogP contribution in [0.4, 0.5) is 0 Å². The van der Waals surface area contributed by atoms with Crippen LogP contribution in [0.1, 0.15) is 0 Å². The van der Waals surface area contributed by atoms with Crippen molar-refractivity contribution < 1.29 is 0 Å². The Hall–Kier alpha value is -0.670. The van der Waals surface area contributed by atoms with Gasteiger partial charge in [0.05, 0.1) is 0 Å². The highest BCUT2D eigenvalue weighted by molar-refractivity contribution is 7.80. The fourth-order valence-electron chi connectivity index (χ4n) is 0.195. The van der Waals surface area contributed by atoms with E-state index < -0.39 is 0 Å². The predicted molar refractivity (Wildman–Crippen MR) is 39.0 cm³/mol. The lowest BCUT2D eigenvalue weighted by molar-refractivity contribution is 0.614. The molecule has 0 aliphatic rings. The molecule has 0 aliphatic heterocycles. The molecule has 0 saturated heterocycles. The van der Waals surface area contributed by atoms with Crippen LogP contribution in [-0.2, 0) is 0 Å². The minimum absolute atomic E-state index is 0.472. The zero-order chi connectivity index (χ0) is 6.57. The molecule has 0 rings (SSSR count). The lowest BCUT2D eigenvalue weighted by Crippen LogP contribution is -2.28. The molecule has 2 nitrogen and oxygen atoms in total. The van der Waals surface area contributed by atoms with Gasteiger partial charge in [-0.1, -0.05) is 25.4 Å². The van der Waals surface area contributed by atoms with Crippen LogP contribution in [0.5, 0.6) is 0 Å². The Kier molecular flexibility index (Phi) is 3.07. The largest absolute Gasteiger partial charge is 0.277 e. The van der Waals surface area contributed by atoms with Crippen molar-refractivity contribution in [3.8, 4) is 0 Å². The summed E-state index contributed by atoms with van der Waals surface area (Å²) in [5, 5.41) is 1.22. The number of hydrazine groups is 1. The van der Waals surface area contributed by atoms with Crippen LogP contribution in [-0.4, -0.2) is 10.00 Å². The Balaban J connectivity index is 3.80. The van der Waals surface area contributed by atoms with E-state index in [1.54, 1.807) is 0 Å². The normalized spacial score (nSPS) is 7.62. The van der Waals surface area contributed by atoms with Gasteiger partial charge in [0, 0.05) is 6.20 Å². The lowest BCUT2D eigenvalue weighted by atomic mass is 10.6. The molecule has 0 atom stereocenters. The van der Waals surface area contributed by atoms with Gasteiger partial charge in [0.2, 0.25) is 0 Å². The van der Waals surface area contributed by atoms with Crippen molar-refractivity contribution in [1.29, 1.82) is 0 Å². The van der Waals surface area contributed by atoms with E-state index in [-0.39, 0.29) is 0 Å². The van der Waals surface area contributed by atoms with Gasteiger partial charge < -0.3 is 0 Å². The molecular formula is C5H8N2S. The molecule has 0 aliphatic carbocycles. The van der Waals surface area contributed by atoms with Crippen LogP contribution >= 0.6 is 12.2 Å². The molecule has 0 aromatic heterocycles. The highest BCUT2D eigenvalue weighted by Gasteiger charge is 1.90. The minimum Gasteiger partial charge on any atom is -0.277 e. The van der Waals surface area contributed by atoms with E-state index >= 15 is 0 Å². The molecule has 8 heavy (non-hydrogen) atoms. The maximum absolute atomic E-state index is 5.23.